The number of nitrogens with zero attached hydrogens (tertiary/aromatic N) is 3. The van der Waals surface area contributed by atoms with Gasteiger partial charge in [0, 0.05) is 11.1 Å². The number of para-hydroxylation sites is 3. The Kier molecular flexibility index (Phi) is 3.67. The highest BCUT2D eigenvalue weighted by atomic mass is 32.2. The first kappa shape index (κ1) is 14.2. The van der Waals surface area contributed by atoms with Crippen molar-refractivity contribution in [3.63, 3.8) is 0 Å². The molecule has 0 spiro atoms. The van der Waals surface area contributed by atoms with E-state index < -0.39 is 0 Å². The molecule has 4 rings (SSSR count). The monoisotopic (exact) mass is 317 g/mol. The molecule has 0 amide bonds. The minimum Gasteiger partial charge on any atom is -0.252 e. The summed E-state index contributed by atoms with van der Waals surface area (Å²) < 4.78 is 0. The lowest BCUT2D eigenvalue weighted by Gasteiger charge is -2.06. The average Bonchev–Trinajstić information content (AvgIpc) is 2.59. The third kappa shape index (κ3) is 2.90. The molecule has 0 aliphatic carbocycles. The Bertz CT molecular complexity index is 998. The molecule has 2 aromatic heterocycles. The molecule has 0 saturated carbocycles. The molecule has 112 valence electrons. The van der Waals surface area contributed by atoms with Crippen LogP contribution in [0, 0.1) is 6.92 Å². The van der Waals surface area contributed by atoms with Crippen LogP contribution in [-0.2, 0) is 5.75 Å². The molecule has 0 atom stereocenters. The fourth-order valence-electron chi connectivity index (χ4n) is 2.54. The topological polar surface area (TPSA) is 38.7 Å². The minimum absolute atomic E-state index is 0.790. The molecule has 0 radical (unpaired) electrons. The number of benzene rings is 2. The lowest BCUT2D eigenvalue weighted by molar-refractivity contribution is 1.04. The van der Waals surface area contributed by atoms with Gasteiger partial charge in [0.15, 0.2) is 0 Å². The zero-order valence-corrected chi connectivity index (χ0v) is 13.5. The molecule has 4 heteroatoms. The molecule has 4 aromatic rings. The number of thioether (sulfide) groups is 1. The minimum atomic E-state index is 0.790. The molecule has 0 bridgehead atoms. The zero-order valence-electron chi connectivity index (χ0n) is 12.7. The van der Waals surface area contributed by atoms with Crippen molar-refractivity contribution in [2.45, 2.75) is 17.7 Å². The molecule has 23 heavy (non-hydrogen) atoms. The first-order valence-corrected chi connectivity index (χ1v) is 8.49. The van der Waals surface area contributed by atoms with Crippen molar-refractivity contribution in [1.29, 1.82) is 0 Å². The molecule has 0 aliphatic heterocycles. The van der Waals surface area contributed by atoms with E-state index in [1.807, 2.05) is 49.4 Å². The number of aromatic nitrogens is 3. The third-order valence-corrected chi connectivity index (χ3v) is 4.81. The van der Waals surface area contributed by atoms with Crippen LogP contribution >= 0.6 is 11.8 Å². The number of hydrogen-bond donors (Lipinski definition) is 0. The van der Waals surface area contributed by atoms with Crippen LogP contribution in [0.4, 0.5) is 0 Å². The molecule has 2 heterocycles. The second-order valence-corrected chi connectivity index (χ2v) is 6.35. The standard InChI is InChI=1S/C19H15N3S/c1-13-19(22-18-9-5-4-8-17(18)20-13)23-12-15-11-10-14-6-2-3-7-16(14)21-15/h2-11H,12H2,1H3. The van der Waals surface area contributed by atoms with E-state index in [2.05, 4.69) is 23.2 Å². The van der Waals surface area contributed by atoms with Crippen molar-refractivity contribution in [2.24, 2.45) is 0 Å². The smallest absolute Gasteiger partial charge is 0.118 e. The van der Waals surface area contributed by atoms with Crippen LogP contribution in [0.1, 0.15) is 11.4 Å². The first-order chi connectivity index (χ1) is 11.3. The summed E-state index contributed by atoms with van der Waals surface area (Å²) in [5.74, 6) is 0.790. The molecule has 0 saturated heterocycles. The summed E-state index contributed by atoms with van der Waals surface area (Å²) in [5, 5.41) is 2.14. The van der Waals surface area contributed by atoms with Gasteiger partial charge in [-0.1, -0.05) is 48.2 Å². The van der Waals surface area contributed by atoms with E-state index in [9.17, 15) is 0 Å². The Morgan fingerprint density at radius 2 is 1.43 bits per heavy atom. The summed E-state index contributed by atoms with van der Waals surface area (Å²) in [6.07, 6.45) is 0. The zero-order chi connectivity index (χ0) is 15.6. The lowest BCUT2D eigenvalue weighted by Crippen LogP contribution is -1.94. The highest BCUT2D eigenvalue weighted by Crippen LogP contribution is 2.25. The van der Waals surface area contributed by atoms with E-state index in [1.165, 1.54) is 5.39 Å². The second-order valence-electron chi connectivity index (χ2n) is 5.39. The molecule has 0 fully saturated rings. The van der Waals surface area contributed by atoms with E-state index in [4.69, 9.17) is 9.97 Å². The molecular weight excluding hydrogens is 302 g/mol. The fourth-order valence-corrected chi connectivity index (χ4v) is 3.40. The summed E-state index contributed by atoms with van der Waals surface area (Å²) in [6, 6.07) is 20.4. The number of rotatable bonds is 3. The van der Waals surface area contributed by atoms with Crippen molar-refractivity contribution in [2.75, 3.05) is 0 Å². The van der Waals surface area contributed by atoms with E-state index in [0.717, 1.165) is 38.7 Å². The van der Waals surface area contributed by atoms with Gasteiger partial charge in [-0.25, -0.2) is 9.97 Å². The summed E-state index contributed by atoms with van der Waals surface area (Å²) in [6.45, 7) is 2.01. The van der Waals surface area contributed by atoms with Crippen LogP contribution in [-0.4, -0.2) is 15.0 Å². The van der Waals surface area contributed by atoms with Gasteiger partial charge in [-0.05, 0) is 31.2 Å². The van der Waals surface area contributed by atoms with Crippen LogP contribution in [0.15, 0.2) is 65.7 Å². The van der Waals surface area contributed by atoms with Gasteiger partial charge in [0.05, 0.1) is 27.9 Å². The largest absolute Gasteiger partial charge is 0.252 e. The Hall–Kier alpha value is -2.46. The van der Waals surface area contributed by atoms with Crippen molar-refractivity contribution in [3.05, 3.63) is 72.1 Å². The number of pyridine rings is 1. The van der Waals surface area contributed by atoms with Gasteiger partial charge >= 0.3 is 0 Å². The Labute approximate surface area is 138 Å². The highest BCUT2D eigenvalue weighted by Gasteiger charge is 2.07. The van der Waals surface area contributed by atoms with Crippen molar-refractivity contribution >= 4 is 33.7 Å². The predicted molar refractivity (Wildman–Crippen MR) is 95.6 cm³/mol. The Balaban J connectivity index is 1.61. The van der Waals surface area contributed by atoms with Crippen LogP contribution in [0.25, 0.3) is 21.9 Å². The molecule has 3 nitrogen and oxygen atoms in total. The number of hydrogen-bond acceptors (Lipinski definition) is 4. The van der Waals surface area contributed by atoms with Gasteiger partial charge in [0.1, 0.15) is 5.03 Å². The molecule has 2 aromatic carbocycles. The van der Waals surface area contributed by atoms with Crippen molar-refractivity contribution < 1.29 is 0 Å². The fraction of sp³-hybridized carbons (Fsp3) is 0.105. The summed E-state index contributed by atoms with van der Waals surface area (Å²) in [4.78, 5) is 14.1. The lowest BCUT2D eigenvalue weighted by atomic mass is 10.2. The normalized spacial score (nSPS) is 11.2. The Morgan fingerprint density at radius 1 is 0.739 bits per heavy atom. The van der Waals surface area contributed by atoms with Crippen LogP contribution < -0.4 is 0 Å². The van der Waals surface area contributed by atoms with Gasteiger partial charge in [-0.15, -0.1) is 0 Å². The quantitative estimate of drug-likeness (QED) is 0.510. The number of aryl methyl sites for hydroxylation is 1. The number of fused-ring (bicyclic) bond motifs is 2. The maximum absolute atomic E-state index is 4.72. The van der Waals surface area contributed by atoms with Gasteiger partial charge in [0.2, 0.25) is 0 Å². The van der Waals surface area contributed by atoms with Crippen molar-refractivity contribution in [3.8, 4) is 0 Å². The van der Waals surface area contributed by atoms with Gasteiger partial charge in [-0.3, -0.25) is 4.98 Å². The highest BCUT2D eigenvalue weighted by molar-refractivity contribution is 7.98. The van der Waals surface area contributed by atoms with Crippen LogP contribution in [0.5, 0.6) is 0 Å². The van der Waals surface area contributed by atoms with E-state index in [-0.39, 0.29) is 0 Å². The van der Waals surface area contributed by atoms with E-state index >= 15 is 0 Å². The van der Waals surface area contributed by atoms with Gasteiger partial charge in [-0.2, -0.15) is 0 Å². The summed E-state index contributed by atoms with van der Waals surface area (Å²) in [7, 11) is 0. The summed E-state index contributed by atoms with van der Waals surface area (Å²) in [5.41, 5.74) is 4.94. The first-order valence-electron chi connectivity index (χ1n) is 7.50. The van der Waals surface area contributed by atoms with Gasteiger partial charge in [0.25, 0.3) is 0 Å². The Morgan fingerprint density at radius 3 is 2.26 bits per heavy atom. The van der Waals surface area contributed by atoms with E-state index in [0.29, 0.717) is 0 Å². The molecular formula is C19H15N3S. The maximum atomic E-state index is 4.72. The van der Waals surface area contributed by atoms with Crippen LogP contribution in [0.3, 0.4) is 0 Å². The molecule has 0 aliphatic rings. The maximum Gasteiger partial charge on any atom is 0.118 e. The van der Waals surface area contributed by atoms with E-state index in [1.54, 1.807) is 11.8 Å². The average molecular weight is 317 g/mol. The SMILES string of the molecule is Cc1nc2ccccc2nc1SCc1ccc2ccccc2n1. The summed E-state index contributed by atoms with van der Waals surface area (Å²) >= 11 is 1.69. The molecule has 0 unspecified atom stereocenters. The van der Waals surface area contributed by atoms with Crippen LogP contribution in [0.2, 0.25) is 0 Å². The molecule has 0 N–H and O–H groups in total. The predicted octanol–water partition coefficient (Wildman–Crippen LogP) is 4.78. The second kappa shape index (κ2) is 5.97. The third-order valence-electron chi connectivity index (χ3n) is 3.71. The van der Waals surface area contributed by atoms with Crippen molar-refractivity contribution in [1.82, 2.24) is 15.0 Å². The van der Waals surface area contributed by atoms with Gasteiger partial charge < -0.3 is 0 Å².